The van der Waals surface area contributed by atoms with Crippen LogP contribution >= 0.6 is 27.5 Å². The molecule has 61 heavy (non-hydrogen) atoms. The summed E-state index contributed by atoms with van der Waals surface area (Å²) in [6, 6.07) is 12.2. The average Bonchev–Trinajstić information content (AvgIpc) is 3.24. The third-order valence-corrected chi connectivity index (χ3v) is 55.8. The number of amides is 2. The van der Waals surface area contributed by atoms with Gasteiger partial charge in [-0.3, -0.25) is 19.5 Å². The number of piperazine rings is 1. The average molecular weight is 1360 g/mol. The van der Waals surface area contributed by atoms with Gasteiger partial charge in [0.25, 0.3) is 0 Å². The summed E-state index contributed by atoms with van der Waals surface area (Å²) in [4.78, 5) is 36.6. The Kier molecular flexibility index (Phi) is 34.0. The molecule has 0 saturated carbocycles. The highest BCUT2D eigenvalue weighted by molar-refractivity contribution is 9.10. The van der Waals surface area contributed by atoms with Gasteiger partial charge in [-0.1, -0.05) is 44.5 Å². The molecule has 2 fully saturated rings. The van der Waals surface area contributed by atoms with E-state index in [1.54, 1.807) is 149 Å². The minimum absolute atomic E-state index is 0.0247. The fourth-order valence-corrected chi connectivity index (χ4v) is 61.1. The Balaban J connectivity index is 0.000000360. The van der Waals surface area contributed by atoms with Crippen molar-refractivity contribution in [3.8, 4) is 0 Å². The van der Waals surface area contributed by atoms with Gasteiger partial charge in [0.05, 0.1) is 11.7 Å². The molecular formula is C29H38BrClN4O2S24. The molecule has 6 nitrogen and oxygen atoms in total. The number of aromatic nitrogens is 1. The molecule has 4 rings (SSSR count). The van der Waals surface area contributed by atoms with Crippen molar-refractivity contribution in [3.05, 3.63) is 63.3 Å². The second-order valence-electron chi connectivity index (χ2n) is 13.0. The number of hydrogen-bond acceptors (Lipinski definition) is 6. The number of hydrogen-bond donors (Lipinski definition) is 0. The van der Waals surface area contributed by atoms with Crippen LogP contribution in [0.3, 0.4) is 0 Å². The monoisotopic (exact) mass is 1360 g/mol. The molecule has 0 bridgehead atoms. The molecule has 3 heterocycles. The predicted octanol–water partition coefficient (Wildman–Crippen LogP) is 5.74. The number of likely N-dealkylation sites (tertiary alicyclic amines) is 1. The summed E-state index contributed by atoms with van der Waals surface area (Å²) in [5, 5.41) is 0.711. The van der Waals surface area contributed by atoms with E-state index in [0.29, 0.717) is 23.9 Å². The lowest BCUT2D eigenvalue weighted by Gasteiger charge is -2.49. The van der Waals surface area contributed by atoms with Crippen molar-refractivity contribution in [3.63, 3.8) is 0 Å². The van der Waals surface area contributed by atoms with E-state index in [4.69, 9.17) is 39.0 Å². The number of carbonyl (C=O) groups is 2. The Labute approximate surface area is 445 Å². The predicted molar refractivity (Wildman–Crippen MR) is 328 cm³/mol. The quantitative estimate of drug-likeness (QED) is 0.382. The van der Waals surface area contributed by atoms with Gasteiger partial charge in [-0.25, -0.2) is 0 Å². The van der Waals surface area contributed by atoms with Crippen LogP contribution < -0.4 is 0 Å². The van der Waals surface area contributed by atoms with Crippen LogP contribution in [0.2, 0.25) is 5.02 Å². The zero-order chi connectivity index (χ0) is 44.3. The molecule has 2 aliphatic rings. The second-order valence-corrected chi connectivity index (χ2v) is 53.2. The molecule has 2 amide bonds. The number of rotatable bonds is 5. The van der Waals surface area contributed by atoms with Gasteiger partial charge < -0.3 is 9.80 Å². The van der Waals surface area contributed by atoms with Gasteiger partial charge in [-0.05, 0) is 69.9 Å². The van der Waals surface area contributed by atoms with Crippen molar-refractivity contribution < 1.29 is 9.59 Å². The molecule has 2 saturated heterocycles. The first-order chi connectivity index (χ1) is 29.4. The lowest BCUT2D eigenvalue weighted by molar-refractivity contribution is -0.141. The maximum Gasteiger partial charge on any atom is 0.223 e. The van der Waals surface area contributed by atoms with Crippen LogP contribution in [0.15, 0.2) is 47.1 Å². The van der Waals surface area contributed by atoms with Gasteiger partial charge in [0.2, 0.25) is 11.8 Å². The summed E-state index contributed by atoms with van der Waals surface area (Å²) < 4.78 is 0.947. The van der Waals surface area contributed by atoms with E-state index >= 15 is 0 Å². The fourth-order valence-electron chi connectivity index (χ4n) is 5.88. The number of piperidine rings is 1. The summed E-state index contributed by atoms with van der Waals surface area (Å²) in [6.07, 6.45) is 4.21. The van der Waals surface area contributed by atoms with Gasteiger partial charge in [0.1, 0.15) is 0 Å². The summed E-state index contributed by atoms with van der Waals surface area (Å²) in [6.45, 7) is 12.0. The van der Waals surface area contributed by atoms with Crippen LogP contribution in [0.25, 0.3) is 0 Å². The second kappa shape index (κ2) is 35.4. The van der Waals surface area contributed by atoms with Crippen LogP contribution in [0, 0.1) is 11.3 Å². The van der Waals surface area contributed by atoms with Crippen molar-refractivity contribution in [1.29, 1.82) is 0 Å². The zero-order valence-corrected chi connectivity index (χ0v) is 54.0. The lowest BCUT2D eigenvalue weighted by Crippen LogP contribution is -2.60. The van der Waals surface area contributed by atoms with Crippen molar-refractivity contribution in [2.45, 2.75) is 59.0 Å². The van der Waals surface area contributed by atoms with Gasteiger partial charge >= 0.3 is 0 Å². The molecule has 0 aliphatic carbocycles. The SMILES string of the molecule is CC(=O)N1CCC(CC(=O)N2CCN(C(c3ccc(Cl)cc3)c3ccc(Br)cn3)C[C@@H]2C(C)(C)C)CC1.S=S=S=S=S=S=S=S=S=S=S=S=S=S=S=S=S=S=S=S=S=S=S=S. The van der Waals surface area contributed by atoms with E-state index in [9.17, 15) is 9.59 Å². The topological polar surface area (TPSA) is 56.8 Å². The zero-order valence-electron chi connectivity index (χ0n) is 32.1. The van der Waals surface area contributed by atoms with Crippen molar-refractivity contribution in [1.82, 2.24) is 19.7 Å². The van der Waals surface area contributed by atoms with E-state index in [1.807, 2.05) is 64.8 Å². The van der Waals surface area contributed by atoms with Crippen LogP contribution in [0.5, 0.6) is 0 Å². The van der Waals surface area contributed by atoms with Crippen molar-refractivity contribution in [2.75, 3.05) is 32.7 Å². The van der Waals surface area contributed by atoms with Crippen LogP contribution in [-0.2, 0) is 227 Å². The highest BCUT2D eigenvalue weighted by atomic mass is 79.9. The minimum Gasteiger partial charge on any atom is -0.343 e. The molecule has 2 aromatic rings. The van der Waals surface area contributed by atoms with Gasteiger partial charge in [0.15, 0.2) is 0 Å². The Hall–Kier alpha value is 3.32. The highest BCUT2D eigenvalue weighted by Crippen LogP contribution is 2.36. The Morgan fingerprint density at radius 3 is 1.57 bits per heavy atom. The molecule has 0 radical (unpaired) electrons. The first-order valence-corrected chi connectivity index (χ1v) is 48.9. The maximum atomic E-state index is 13.6. The molecule has 2 atom stereocenters. The van der Waals surface area contributed by atoms with E-state index in [-0.39, 0.29) is 29.3 Å². The maximum absolute atomic E-state index is 13.6. The highest BCUT2D eigenvalue weighted by Gasteiger charge is 2.41. The number of carbonyl (C=O) groups excluding carboxylic acids is 2. The molecule has 1 unspecified atom stereocenters. The van der Waals surface area contributed by atoms with Crippen LogP contribution in [-0.4, -0.2) is 70.3 Å². The molecule has 344 valence electrons. The van der Waals surface area contributed by atoms with Crippen molar-refractivity contribution >= 4 is 257 Å². The molecule has 0 N–H and O–H groups in total. The summed E-state index contributed by atoms with van der Waals surface area (Å²) in [5.41, 5.74) is 2.04. The lowest BCUT2D eigenvalue weighted by atomic mass is 9.82. The number of pyridine rings is 1. The normalized spacial score (nSPS) is 15.5. The standard InChI is InChI=1S/C29H38BrClN4O2.S24/c1-20(36)33-13-11-21(12-14-33)17-27(37)35-16-15-34(19-26(35)29(2,3)4)28(22-5-8-24(31)9-6-22)25-10-7-23(30)18-32-25;1-3-5-7-9-11-13-15-17-19-21-23-24-22-20-18-16-14-12-10-8-6-4-2/h5-10,18,21,26,28H,11-17,19H2,1-4H3;/t26-,28?;/m1./s1. The van der Waals surface area contributed by atoms with Crippen molar-refractivity contribution in [2.24, 2.45) is 11.3 Å². The first kappa shape index (κ1) is 58.6. The van der Waals surface area contributed by atoms with Gasteiger partial charge in [-0.15, -0.1) is 0 Å². The fraction of sp³-hybridized carbons (Fsp3) is 0.552. The Morgan fingerprint density at radius 1 is 0.721 bits per heavy atom. The summed E-state index contributed by atoms with van der Waals surface area (Å²) in [7, 11) is 38.1. The molecule has 0 spiro atoms. The molecular weight excluding hydrogens is 1320 g/mol. The largest absolute Gasteiger partial charge is 0.343 e. The third-order valence-electron chi connectivity index (χ3n) is 8.42. The Bertz CT molecular complexity index is 2710. The molecule has 2 aliphatic heterocycles. The number of halogens is 2. The van der Waals surface area contributed by atoms with E-state index in [2.05, 4.69) is 64.7 Å². The van der Waals surface area contributed by atoms with Crippen LogP contribution in [0.4, 0.5) is 0 Å². The molecule has 1 aromatic heterocycles. The first-order valence-electron chi connectivity index (χ1n) is 17.0. The number of nitrogens with zero attached hydrogens (tertiary/aromatic N) is 4. The Morgan fingerprint density at radius 2 is 1.18 bits per heavy atom. The van der Waals surface area contributed by atoms with E-state index in [1.165, 1.54) is 17.8 Å². The van der Waals surface area contributed by atoms with E-state index in [0.717, 1.165) is 54.8 Å². The van der Waals surface area contributed by atoms with Gasteiger partial charge in [-0.2, -0.15) is 0 Å². The molecule has 32 heteroatoms. The number of benzene rings is 1. The third kappa shape index (κ3) is 25.1. The smallest absolute Gasteiger partial charge is 0.223 e. The van der Waals surface area contributed by atoms with E-state index < -0.39 is 0 Å². The van der Waals surface area contributed by atoms with Crippen LogP contribution in [0.1, 0.15) is 64.3 Å². The summed E-state index contributed by atoms with van der Waals surface area (Å²) >= 11 is 19.3. The summed E-state index contributed by atoms with van der Waals surface area (Å²) in [5.74, 6) is 0.713. The van der Waals surface area contributed by atoms with Gasteiger partial charge in [0, 0.05) is 286 Å². The minimum atomic E-state index is -0.0794. The molecule has 1 aromatic carbocycles.